The van der Waals surface area contributed by atoms with Crippen molar-refractivity contribution in [1.29, 1.82) is 0 Å². The SMILES string of the molecule is CC(C)CN(CC=CC1CC=CCC1)C(=O)C1CC1. The van der Waals surface area contributed by atoms with Crippen molar-refractivity contribution in [3.8, 4) is 0 Å². The minimum atomic E-state index is 0.338. The fourth-order valence-corrected chi connectivity index (χ4v) is 2.66. The van der Waals surface area contributed by atoms with Gasteiger partial charge in [0.15, 0.2) is 0 Å². The molecule has 106 valence electrons. The van der Waals surface area contributed by atoms with Gasteiger partial charge in [-0.1, -0.05) is 38.2 Å². The number of nitrogens with zero attached hydrogens (tertiary/aromatic N) is 1. The number of hydrogen-bond acceptors (Lipinski definition) is 1. The lowest BCUT2D eigenvalue weighted by Gasteiger charge is -2.23. The number of carbonyl (C=O) groups is 1. The maximum Gasteiger partial charge on any atom is 0.225 e. The predicted octanol–water partition coefficient (Wildman–Crippen LogP) is 3.79. The van der Waals surface area contributed by atoms with Gasteiger partial charge in [-0.2, -0.15) is 0 Å². The molecule has 0 aliphatic heterocycles. The molecule has 2 rings (SSSR count). The van der Waals surface area contributed by atoms with E-state index in [0.29, 0.717) is 23.7 Å². The molecule has 0 aromatic heterocycles. The topological polar surface area (TPSA) is 20.3 Å². The summed E-state index contributed by atoms with van der Waals surface area (Å²) in [5.41, 5.74) is 0. The highest BCUT2D eigenvalue weighted by Gasteiger charge is 2.33. The molecule has 0 bridgehead atoms. The van der Waals surface area contributed by atoms with Gasteiger partial charge in [0, 0.05) is 19.0 Å². The zero-order valence-corrected chi connectivity index (χ0v) is 12.3. The molecule has 1 saturated carbocycles. The van der Waals surface area contributed by atoms with E-state index in [1.165, 1.54) is 12.8 Å². The van der Waals surface area contributed by atoms with E-state index in [9.17, 15) is 4.79 Å². The molecule has 2 heteroatoms. The average molecular weight is 261 g/mol. The second kappa shape index (κ2) is 6.93. The maximum atomic E-state index is 12.2. The van der Waals surface area contributed by atoms with E-state index in [4.69, 9.17) is 0 Å². The van der Waals surface area contributed by atoms with E-state index in [2.05, 4.69) is 43.1 Å². The molecule has 0 aromatic carbocycles. The highest BCUT2D eigenvalue weighted by molar-refractivity contribution is 5.81. The molecule has 19 heavy (non-hydrogen) atoms. The molecule has 1 fully saturated rings. The van der Waals surface area contributed by atoms with E-state index in [-0.39, 0.29) is 0 Å². The fourth-order valence-electron chi connectivity index (χ4n) is 2.66. The predicted molar refractivity (Wildman–Crippen MR) is 79.8 cm³/mol. The number of hydrogen-bond donors (Lipinski definition) is 0. The average Bonchev–Trinajstić information content (AvgIpc) is 3.22. The quantitative estimate of drug-likeness (QED) is 0.666. The molecule has 0 saturated heterocycles. The molecule has 0 spiro atoms. The number of amides is 1. The fraction of sp³-hybridized carbons (Fsp3) is 0.706. The van der Waals surface area contributed by atoms with Crippen molar-refractivity contribution in [3.63, 3.8) is 0 Å². The van der Waals surface area contributed by atoms with Gasteiger partial charge in [-0.25, -0.2) is 0 Å². The van der Waals surface area contributed by atoms with Crippen molar-refractivity contribution in [3.05, 3.63) is 24.3 Å². The molecule has 0 aromatic rings. The minimum Gasteiger partial charge on any atom is -0.338 e. The Kier molecular flexibility index (Phi) is 5.24. The highest BCUT2D eigenvalue weighted by atomic mass is 16.2. The number of carbonyl (C=O) groups excluding carboxylic acids is 1. The molecular weight excluding hydrogens is 234 g/mol. The molecular formula is C17H27NO. The standard InChI is InChI=1S/C17H27NO/c1-14(2)13-18(17(19)16-10-11-16)12-6-9-15-7-4-3-5-8-15/h3-4,6,9,14-16H,5,7-8,10-13H2,1-2H3. The van der Waals surface area contributed by atoms with Crippen LogP contribution in [-0.2, 0) is 4.79 Å². The van der Waals surface area contributed by atoms with Crippen LogP contribution in [0.2, 0.25) is 0 Å². The molecule has 0 radical (unpaired) electrons. The van der Waals surface area contributed by atoms with Crippen LogP contribution in [0.5, 0.6) is 0 Å². The molecule has 2 aliphatic carbocycles. The highest BCUT2D eigenvalue weighted by Crippen LogP contribution is 2.31. The first-order valence-corrected chi connectivity index (χ1v) is 7.77. The summed E-state index contributed by atoms with van der Waals surface area (Å²) in [5, 5.41) is 0. The number of allylic oxidation sites excluding steroid dienone is 3. The lowest BCUT2D eigenvalue weighted by molar-refractivity contribution is -0.132. The van der Waals surface area contributed by atoms with Crippen LogP contribution in [0.4, 0.5) is 0 Å². The van der Waals surface area contributed by atoms with Gasteiger partial charge in [-0.05, 0) is 43.9 Å². The zero-order valence-electron chi connectivity index (χ0n) is 12.3. The molecule has 0 heterocycles. The third kappa shape index (κ3) is 4.85. The number of rotatable bonds is 6. The van der Waals surface area contributed by atoms with Gasteiger partial charge in [-0.15, -0.1) is 0 Å². The van der Waals surface area contributed by atoms with Gasteiger partial charge in [0.2, 0.25) is 5.91 Å². The van der Waals surface area contributed by atoms with E-state index in [1.54, 1.807) is 0 Å². The first kappa shape index (κ1) is 14.4. The Bertz CT molecular complexity index is 352. The lowest BCUT2D eigenvalue weighted by Crippen LogP contribution is -2.35. The summed E-state index contributed by atoms with van der Waals surface area (Å²) in [7, 11) is 0. The van der Waals surface area contributed by atoms with Gasteiger partial charge >= 0.3 is 0 Å². The molecule has 2 nitrogen and oxygen atoms in total. The van der Waals surface area contributed by atoms with Crippen LogP contribution in [0.15, 0.2) is 24.3 Å². The summed E-state index contributed by atoms with van der Waals surface area (Å²) in [6.07, 6.45) is 14.9. The van der Waals surface area contributed by atoms with Crippen molar-refractivity contribution < 1.29 is 4.79 Å². The Morgan fingerprint density at radius 1 is 1.32 bits per heavy atom. The van der Waals surface area contributed by atoms with Crippen LogP contribution in [0.25, 0.3) is 0 Å². The second-order valence-corrected chi connectivity index (χ2v) is 6.38. The summed E-state index contributed by atoms with van der Waals surface area (Å²) in [6, 6.07) is 0. The van der Waals surface area contributed by atoms with Crippen molar-refractivity contribution in [2.45, 2.75) is 46.0 Å². The Morgan fingerprint density at radius 2 is 2.11 bits per heavy atom. The minimum absolute atomic E-state index is 0.338. The van der Waals surface area contributed by atoms with Crippen molar-refractivity contribution in [1.82, 2.24) is 4.90 Å². The third-order valence-electron chi connectivity index (χ3n) is 3.87. The molecule has 2 aliphatic rings. The van der Waals surface area contributed by atoms with Gasteiger partial charge in [-0.3, -0.25) is 4.79 Å². The first-order valence-electron chi connectivity index (χ1n) is 7.77. The van der Waals surface area contributed by atoms with Crippen LogP contribution in [0, 0.1) is 17.8 Å². The van der Waals surface area contributed by atoms with Gasteiger partial charge in [0.1, 0.15) is 0 Å². The Balaban J connectivity index is 1.82. The second-order valence-electron chi connectivity index (χ2n) is 6.38. The lowest BCUT2D eigenvalue weighted by atomic mass is 9.94. The van der Waals surface area contributed by atoms with Crippen LogP contribution >= 0.6 is 0 Å². The Labute approximate surface area is 117 Å². The van der Waals surface area contributed by atoms with Crippen LogP contribution in [0.1, 0.15) is 46.0 Å². The van der Waals surface area contributed by atoms with Crippen LogP contribution in [0.3, 0.4) is 0 Å². The van der Waals surface area contributed by atoms with Crippen LogP contribution in [-0.4, -0.2) is 23.9 Å². The smallest absolute Gasteiger partial charge is 0.225 e. The largest absolute Gasteiger partial charge is 0.338 e. The maximum absolute atomic E-state index is 12.2. The summed E-state index contributed by atoms with van der Waals surface area (Å²) in [5.74, 6) is 1.95. The van der Waals surface area contributed by atoms with E-state index in [1.807, 2.05) is 0 Å². The third-order valence-corrected chi connectivity index (χ3v) is 3.87. The van der Waals surface area contributed by atoms with Crippen molar-refractivity contribution in [2.75, 3.05) is 13.1 Å². The molecule has 1 amide bonds. The molecule has 1 atom stereocenters. The Hall–Kier alpha value is -1.05. The van der Waals surface area contributed by atoms with Gasteiger partial charge in [0.25, 0.3) is 0 Å². The normalized spacial score (nSPS) is 23.2. The van der Waals surface area contributed by atoms with Crippen LogP contribution < -0.4 is 0 Å². The zero-order chi connectivity index (χ0) is 13.7. The molecule has 0 N–H and O–H groups in total. The Morgan fingerprint density at radius 3 is 2.68 bits per heavy atom. The first-order chi connectivity index (χ1) is 9.16. The van der Waals surface area contributed by atoms with Gasteiger partial charge in [0.05, 0.1) is 0 Å². The summed E-state index contributed by atoms with van der Waals surface area (Å²) >= 11 is 0. The van der Waals surface area contributed by atoms with Crippen molar-refractivity contribution >= 4 is 5.91 Å². The van der Waals surface area contributed by atoms with Crippen molar-refractivity contribution in [2.24, 2.45) is 17.8 Å². The summed E-state index contributed by atoms with van der Waals surface area (Å²) in [6.45, 7) is 6.06. The monoisotopic (exact) mass is 261 g/mol. The van der Waals surface area contributed by atoms with Gasteiger partial charge < -0.3 is 4.90 Å². The van der Waals surface area contributed by atoms with E-state index in [0.717, 1.165) is 32.4 Å². The van der Waals surface area contributed by atoms with E-state index >= 15 is 0 Å². The molecule has 1 unspecified atom stereocenters. The van der Waals surface area contributed by atoms with E-state index < -0.39 is 0 Å². The summed E-state index contributed by atoms with van der Waals surface area (Å²) in [4.78, 5) is 14.3. The summed E-state index contributed by atoms with van der Waals surface area (Å²) < 4.78 is 0.